The lowest BCUT2D eigenvalue weighted by atomic mass is 9.78. The van der Waals surface area contributed by atoms with E-state index in [1.165, 1.54) is 20.4 Å². The second-order valence-electron chi connectivity index (χ2n) is 15.4. The van der Waals surface area contributed by atoms with Crippen LogP contribution in [-0.2, 0) is 25.6 Å². The summed E-state index contributed by atoms with van der Waals surface area (Å²) in [6.07, 6.45) is 8.68. The number of carbonyl (C=O) groups excluding carboxylic acids is 3. The molecule has 3 fully saturated rings. The Kier molecular flexibility index (Phi) is 10.8. The Labute approximate surface area is 330 Å². The van der Waals surface area contributed by atoms with Crippen molar-refractivity contribution in [1.29, 1.82) is 0 Å². The quantitative estimate of drug-likeness (QED) is 0.0999. The van der Waals surface area contributed by atoms with Gasteiger partial charge in [0.1, 0.15) is 17.7 Å². The van der Waals surface area contributed by atoms with Crippen LogP contribution in [0.4, 0.5) is 4.79 Å². The molecular weight excluding hydrogens is 725 g/mol. The van der Waals surface area contributed by atoms with Gasteiger partial charge in [0, 0.05) is 37.9 Å². The van der Waals surface area contributed by atoms with Gasteiger partial charge in [0.05, 0.1) is 49.0 Å². The molecule has 2 saturated carbocycles. The third-order valence-electron chi connectivity index (χ3n) is 12.2. The van der Waals surface area contributed by atoms with Crippen molar-refractivity contribution >= 4 is 17.9 Å². The van der Waals surface area contributed by atoms with Gasteiger partial charge in [-0.2, -0.15) is 0 Å². The number of nitrogens with zero attached hydrogens (tertiary/aromatic N) is 4. The van der Waals surface area contributed by atoms with Gasteiger partial charge in [0.15, 0.2) is 0 Å². The molecule has 2 aliphatic carbocycles. The van der Waals surface area contributed by atoms with Crippen LogP contribution in [0.5, 0.6) is 5.88 Å². The average molecular weight is 773 g/mol. The maximum atomic E-state index is 13.6. The molecule has 8 rings (SSSR count). The number of likely N-dealkylation sites (tertiary alicyclic amines) is 1. The zero-order chi connectivity index (χ0) is 39.6. The molecule has 2 unspecified atom stereocenters. The van der Waals surface area contributed by atoms with Gasteiger partial charge in [-0.25, -0.2) is 19.7 Å². The number of benzene rings is 2. The van der Waals surface area contributed by atoms with Crippen molar-refractivity contribution in [1.82, 2.24) is 40.5 Å². The average Bonchev–Trinajstić information content (AvgIpc) is 4.10. The second kappa shape index (κ2) is 16.2. The molecule has 5 aromatic rings. The molecule has 1 saturated heterocycles. The summed E-state index contributed by atoms with van der Waals surface area (Å²) in [7, 11) is 2.76. The van der Waals surface area contributed by atoms with E-state index in [-0.39, 0.29) is 42.1 Å². The molecule has 14 nitrogen and oxygen atoms in total. The third-order valence-corrected chi connectivity index (χ3v) is 12.2. The van der Waals surface area contributed by atoms with E-state index in [9.17, 15) is 19.5 Å². The number of aromatic nitrogens is 5. The lowest BCUT2D eigenvalue weighted by Gasteiger charge is -2.30. The number of methoxy groups -OCH3 is 2. The number of aromatic amines is 2. The highest BCUT2D eigenvalue weighted by molar-refractivity contribution is 5.87. The fourth-order valence-electron chi connectivity index (χ4n) is 9.12. The zero-order valence-electron chi connectivity index (χ0n) is 32.3. The number of ether oxygens (including phenoxy) is 2. The predicted molar refractivity (Wildman–Crippen MR) is 211 cm³/mol. The number of amides is 3. The van der Waals surface area contributed by atoms with Gasteiger partial charge in [-0.3, -0.25) is 9.59 Å². The van der Waals surface area contributed by atoms with E-state index < -0.39 is 18.2 Å². The molecule has 3 aromatic heterocycles. The zero-order valence-corrected chi connectivity index (χ0v) is 32.3. The van der Waals surface area contributed by atoms with E-state index in [0.29, 0.717) is 29.8 Å². The van der Waals surface area contributed by atoms with Gasteiger partial charge in [-0.05, 0) is 79.2 Å². The monoisotopic (exact) mass is 772 g/mol. The molecule has 14 heteroatoms. The molecular formula is C43H48N8O6. The first-order chi connectivity index (χ1) is 27.7. The number of fused-ring (bicyclic) bond motifs is 2. The van der Waals surface area contributed by atoms with Crippen LogP contribution < -0.4 is 10.6 Å². The van der Waals surface area contributed by atoms with Crippen molar-refractivity contribution in [3.63, 3.8) is 0 Å². The topological polar surface area (TPSA) is 187 Å². The van der Waals surface area contributed by atoms with Gasteiger partial charge < -0.3 is 40.1 Å². The molecule has 2 bridgehead atoms. The molecule has 57 heavy (non-hydrogen) atoms. The van der Waals surface area contributed by atoms with Crippen LogP contribution in [0.2, 0.25) is 0 Å². The summed E-state index contributed by atoms with van der Waals surface area (Å²) < 4.78 is 10.1. The van der Waals surface area contributed by atoms with Crippen molar-refractivity contribution < 1.29 is 29.0 Å². The fraction of sp³-hybridized carbons (Fsp3) is 0.395. The van der Waals surface area contributed by atoms with E-state index in [2.05, 4.69) is 79.1 Å². The normalized spacial score (nSPS) is 22.3. The number of alkyl carbamates (subject to hydrolysis) is 1. The first-order valence-corrected chi connectivity index (χ1v) is 19.6. The summed E-state index contributed by atoms with van der Waals surface area (Å²) in [5.41, 5.74) is 6.47. The number of nitrogens with one attached hydrogen (secondary N) is 4. The molecule has 296 valence electrons. The summed E-state index contributed by atoms with van der Waals surface area (Å²) in [4.78, 5) is 61.3. The standard InChI is InChI=1S/C43H48N8O6/c1-24(56-2)37(50-43(55)57-3)42(54)51-19-5-7-34(51)38-45-22-32(48-38)27-12-8-25(9-13-27)26-10-14-28(15-11-26)33-23-46-39(49-33)35-29-16-17-30(20-29)36(35)41(53)47-21-31-6-4-18-44-40(31)52/h4,6,8-15,18,22-24,29-30,34-37H,5,7,16-17,19-21H2,1-3H3,(H,44,52)(H,45,48)(H,46,49)(H,47,53)(H,50,55)/t24-,29?,30?,34+,35+,36+,37+/m1/s1. The molecule has 7 atom stereocenters. The summed E-state index contributed by atoms with van der Waals surface area (Å²) in [6, 6.07) is 19.0. The Morgan fingerprint density at radius 1 is 0.860 bits per heavy atom. The summed E-state index contributed by atoms with van der Waals surface area (Å²) in [5.74, 6) is 1.85. The molecule has 1 aliphatic heterocycles. The second-order valence-corrected chi connectivity index (χ2v) is 15.4. The predicted octanol–water partition coefficient (Wildman–Crippen LogP) is 6.10. The van der Waals surface area contributed by atoms with E-state index in [4.69, 9.17) is 14.5 Å². The fourth-order valence-corrected chi connectivity index (χ4v) is 9.12. The lowest BCUT2D eigenvalue weighted by Crippen LogP contribution is -2.54. The van der Waals surface area contributed by atoms with Crippen LogP contribution in [0.25, 0.3) is 33.6 Å². The number of rotatable bonds is 12. The highest BCUT2D eigenvalue weighted by Gasteiger charge is 2.52. The SMILES string of the molecule is COC(=O)N[C@H](C(=O)N1CCC[C@H]1c1ncc(-c2ccc(-c3ccc(-c4cnc([C@H]5C6CCC(C6)[C@@H]5C(=O)NCc5cccnc5O)[nH]4)cc3)cc2)[nH]1)[C@@H](C)OC. The first-order valence-electron chi connectivity index (χ1n) is 19.6. The number of carbonyl (C=O) groups is 3. The number of aromatic hydroxyl groups is 1. The highest BCUT2D eigenvalue weighted by Crippen LogP contribution is 2.56. The van der Waals surface area contributed by atoms with E-state index in [0.717, 1.165) is 71.6 Å². The molecule has 3 amide bonds. The number of H-pyrrole nitrogens is 2. The molecule has 0 spiro atoms. The Balaban J connectivity index is 0.918. The van der Waals surface area contributed by atoms with E-state index in [1.807, 2.05) is 6.20 Å². The Morgan fingerprint density at radius 2 is 1.49 bits per heavy atom. The van der Waals surface area contributed by atoms with Crippen molar-refractivity contribution in [2.45, 2.75) is 69.7 Å². The summed E-state index contributed by atoms with van der Waals surface area (Å²) in [5, 5.41) is 15.8. The highest BCUT2D eigenvalue weighted by atomic mass is 16.5. The van der Waals surface area contributed by atoms with Gasteiger partial charge in [0.25, 0.3) is 0 Å². The molecule has 3 aliphatic rings. The van der Waals surface area contributed by atoms with Crippen LogP contribution in [-0.4, -0.2) is 85.7 Å². The molecule has 5 N–H and O–H groups in total. The maximum Gasteiger partial charge on any atom is 0.407 e. The maximum absolute atomic E-state index is 13.6. The lowest BCUT2D eigenvalue weighted by molar-refractivity contribution is -0.137. The van der Waals surface area contributed by atoms with E-state index in [1.54, 1.807) is 30.2 Å². The van der Waals surface area contributed by atoms with Crippen molar-refractivity contribution in [2.75, 3.05) is 20.8 Å². The van der Waals surface area contributed by atoms with Crippen molar-refractivity contribution in [3.05, 3.63) is 96.5 Å². The third kappa shape index (κ3) is 7.61. The van der Waals surface area contributed by atoms with Crippen molar-refractivity contribution in [3.8, 4) is 39.5 Å². The minimum Gasteiger partial charge on any atom is -0.493 e. The smallest absolute Gasteiger partial charge is 0.407 e. The number of pyridine rings is 1. The van der Waals surface area contributed by atoms with Gasteiger partial charge >= 0.3 is 6.09 Å². The van der Waals surface area contributed by atoms with Gasteiger partial charge in [-0.1, -0.05) is 54.6 Å². The summed E-state index contributed by atoms with van der Waals surface area (Å²) >= 11 is 0. The Hall–Kier alpha value is -6.02. The van der Waals surface area contributed by atoms with E-state index >= 15 is 0 Å². The van der Waals surface area contributed by atoms with Gasteiger partial charge in [-0.15, -0.1) is 0 Å². The number of hydrogen-bond donors (Lipinski definition) is 5. The van der Waals surface area contributed by atoms with Crippen LogP contribution in [0.15, 0.2) is 79.3 Å². The van der Waals surface area contributed by atoms with Crippen LogP contribution in [0, 0.1) is 17.8 Å². The number of imidazole rings is 2. The first kappa shape index (κ1) is 37.9. The largest absolute Gasteiger partial charge is 0.493 e. The van der Waals surface area contributed by atoms with Crippen LogP contribution in [0.3, 0.4) is 0 Å². The van der Waals surface area contributed by atoms with Crippen molar-refractivity contribution in [2.24, 2.45) is 17.8 Å². The Bertz CT molecular complexity index is 2220. The van der Waals surface area contributed by atoms with Crippen LogP contribution >= 0.6 is 0 Å². The minimum atomic E-state index is -0.891. The summed E-state index contributed by atoms with van der Waals surface area (Å²) in [6.45, 7) is 2.52. The van der Waals surface area contributed by atoms with Gasteiger partial charge in [0.2, 0.25) is 17.7 Å². The molecule has 4 heterocycles. The van der Waals surface area contributed by atoms with Crippen LogP contribution in [0.1, 0.15) is 68.2 Å². The Morgan fingerprint density at radius 3 is 2.14 bits per heavy atom. The minimum absolute atomic E-state index is 0.00152. The molecule has 0 radical (unpaired) electrons. The number of hydrogen-bond acceptors (Lipinski definition) is 9. The molecule has 2 aromatic carbocycles.